The molecular weight excluding hydrogens is 242 g/mol. The molecule has 2 aliphatic rings. The van der Waals surface area contributed by atoms with Gasteiger partial charge in [-0.1, -0.05) is 30.3 Å². The van der Waals surface area contributed by atoms with Crippen molar-refractivity contribution in [1.82, 2.24) is 4.90 Å². The second kappa shape index (κ2) is 4.31. The topological polar surface area (TPSA) is 54.5 Å². The van der Waals surface area contributed by atoms with Gasteiger partial charge in [0.25, 0.3) is 0 Å². The Balaban J connectivity index is 1.91. The number of hydrogen-bond donors (Lipinski definition) is 0. The molecule has 1 aromatic carbocycles. The molecule has 4 nitrogen and oxygen atoms in total. The molecule has 1 fully saturated rings. The molecule has 1 aliphatic heterocycles. The Bertz CT molecular complexity index is 641. The molecule has 1 saturated heterocycles. The standard InChI is InChI=1S/C15H11NO3/c17-13-6-11-12(7-14(13)18)16(9-15(11)19)8-10-4-2-1-3-5-10/h1-7H,8-9H2. The van der Waals surface area contributed by atoms with E-state index in [4.69, 9.17) is 0 Å². The molecule has 0 radical (unpaired) electrons. The van der Waals surface area contributed by atoms with E-state index in [1.807, 2.05) is 35.2 Å². The number of nitrogens with zero attached hydrogens (tertiary/aromatic N) is 1. The molecule has 4 heteroatoms. The summed E-state index contributed by atoms with van der Waals surface area (Å²) in [6, 6.07) is 9.69. The predicted molar refractivity (Wildman–Crippen MR) is 68.0 cm³/mol. The van der Waals surface area contributed by atoms with Gasteiger partial charge in [0, 0.05) is 24.3 Å². The molecule has 0 atom stereocenters. The van der Waals surface area contributed by atoms with Gasteiger partial charge < -0.3 is 4.90 Å². The van der Waals surface area contributed by atoms with Crippen LogP contribution in [0.3, 0.4) is 0 Å². The summed E-state index contributed by atoms with van der Waals surface area (Å²) < 4.78 is 0. The van der Waals surface area contributed by atoms with Gasteiger partial charge in [-0.3, -0.25) is 14.4 Å². The van der Waals surface area contributed by atoms with Crippen molar-refractivity contribution < 1.29 is 14.4 Å². The maximum Gasteiger partial charge on any atom is 0.227 e. The molecule has 0 spiro atoms. The van der Waals surface area contributed by atoms with E-state index in [1.54, 1.807) is 0 Å². The third-order valence-corrected chi connectivity index (χ3v) is 3.25. The second-order valence-electron chi connectivity index (χ2n) is 4.58. The van der Waals surface area contributed by atoms with Gasteiger partial charge in [-0.2, -0.15) is 0 Å². The number of benzene rings is 1. The lowest BCUT2D eigenvalue weighted by Crippen LogP contribution is -2.22. The van der Waals surface area contributed by atoms with E-state index in [-0.39, 0.29) is 12.3 Å². The minimum Gasteiger partial charge on any atom is -0.359 e. The van der Waals surface area contributed by atoms with Gasteiger partial charge in [0.05, 0.1) is 12.2 Å². The molecule has 0 N–H and O–H groups in total. The first-order valence-corrected chi connectivity index (χ1v) is 5.99. The zero-order valence-corrected chi connectivity index (χ0v) is 10.1. The average molecular weight is 253 g/mol. The lowest BCUT2D eigenvalue weighted by atomic mass is 10.0. The van der Waals surface area contributed by atoms with Crippen LogP contribution in [0, 0.1) is 0 Å². The Hall–Kier alpha value is -2.49. The van der Waals surface area contributed by atoms with Crippen molar-refractivity contribution in [3.63, 3.8) is 0 Å². The van der Waals surface area contributed by atoms with Crippen LogP contribution in [0.2, 0.25) is 0 Å². The molecule has 0 bridgehead atoms. The number of rotatable bonds is 2. The van der Waals surface area contributed by atoms with Gasteiger partial charge in [-0.05, 0) is 5.56 Å². The van der Waals surface area contributed by atoms with Gasteiger partial charge in [-0.25, -0.2) is 0 Å². The second-order valence-corrected chi connectivity index (χ2v) is 4.58. The van der Waals surface area contributed by atoms with Crippen molar-refractivity contribution in [2.75, 3.05) is 6.54 Å². The Labute approximate surface area is 110 Å². The van der Waals surface area contributed by atoms with Crippen LogP contribution in [0.15, 0.2) is 53.8 Å². The molecule has 1 aromatic rings. The van der Waals surface area contributed by atoms with Crippen molar-refractivity contribution >= 4 is 17.3 Å². The molecule has 0 saturated carbocycles. The smallest absolute Gasteiger partial charge is 0.227 e. The Kier molecular flexibility index (Phi) is 2.63. The van der Waals surface area contributed by atoms with Crippen molar-refractivity contribution in [1.29, 1.82) is 0 Å². The number of fused-ring (bicyclic) bond motifs is 1. The summed E-state index contributed by atoms with van der Waals surface area (Å²) in [5.74, 6) is -1.29. The van der Waals surface area contributed by atoms with Gasteiger partial charge in [0.1, 0.15) is 0 Å². The van der Waals surface area contributed by atoms with Crippen LogP contribution in [-0.4, -0.2) is 28.8 Å². The third-order valence-electron chi connectivity index (χ3n) is 3.25. The minimum atomic E-state index is -0.617. The van der Waals surface area contributed by atoms with Gasteiger partial charge in [0.2, 0.25) is 11.6 Å². The van der Waals surface area contributed by atoms with E-state index >= 15 is 0 Å². The van der Waals surface area contributed by atoms with Gasteiger partial charge in [0.15, 0.2) is 5.78 Å². The van der Waals surface area contributed by atoms with Crippen molar-refractivity contribution in [3.8, 4) is 0 Å². The molecule has 94 valence electrons. The van der Waals surface area contributed by atoms with E-state index in [0.29, 0.717) is 17.8 Å². The fraction of sp³-hybridized carbons (Fsp3) is 0.133. The molecule has 1 aliphatic carbocycles. The fourth-order valence-corrected chi connectivity index (χ4v) is 2.32. The number of Topliss-reactive ketones (excluding diaryl/α,β-unsaturated/α-hetero) is 1. The monoisotopic (exact) mass is 253 g/mol. The molecule has 0 aromatic heterocycles. The molecular formula is C15H11NO3. The summed E-state index contributed by atoms with van der Waals surface area (Å²) >= 11 is 0. The summed E-state index contributed by atoms with van der Waals surface area (Å²) in [7, 11) is 0. The highest BCUT2D eigenvalue weighted by atomic mass is 16.2. The third kappa shape index (κ3) is 2.01. The lowest BCUT2D eigenvalue weighted by molar-refractivity contribution is -0.131. The quantitative estimate of drug-likeness (QED) is 0.583. The van der Waals surface area contributed by atoms with Crippen molar-refractivity contribution in [2.24, 2.45) is 0 Å². The van der Waals surface area contributed by atoms with Crippen LogP contribution in [0.5, 0.6) is 0 Å². The molecule has 1 heterocycles. The number of allylic oxidation sites excluding steroid dienone is 3. The Morgan fingerprint density at radius 2 is 1.63 bits per heavy atom. The lowest BCUT2D eigenvalue weighted by Gasteiger charge is -2.20. The summed E-state index contributed by atoms with van der Waals surface area (Å²) in [6.07, 6.45) is 2.43. The van der Waals surface area contributed by atoms with Crippen molar-refractivity contribution in [2.45, 2.75) is 6.54 Å². The number of hydrogen-bond acceptors (Lipinski definition) is 4. The SMILES string of the molecule is O=C1C=C2C(=O)CN(Cc3ccccc3)C2=CC1=O. The maximum absolute atomic E-state index is 11.8. The molecule has 0 unspecified atom stereocenters. The zero-order chi connectivity index (χ0) is 13.4. The van der Waals surface area contributed by atoms with Crippen LogP contribution < -0.4 is 0 Å². The maximum atomic E-state index is 11.8. The van der Waals surface area contributed by atoms with E-state index in [0.717, 1.165) is 11.6 Å². The summed E-state index contributed by atoms with van der Waals surface area (Å²) in [6.45, 7) is 0.768. The van der Waals surface area contributed by atoms with E-state index in [9.17, 15) is 14.4 Å². The first-order valence-electron chi connectivity index (χ1n) is 5.99. The van der Waals surface area contributed by atoms with Crippen LogP contribution in [0.25, 0.3) is 0 Å². The van der Waals surface area contributed by atoms with Gasteiger partial charge in [-0.15, -0.1) is 0 Å². The normalized spacial score (nSPS) is 18.3. The highest BCUT2D eigenvalue weighted by Gasteiger charge is 2.34. The first-order chi connectivity index (χ1) is 9.15. The number of likely N-dealkylation sites (tertiary alicyclic amines) is 1. The van der Waals surface area contributed by atoms with Crippen LogP contribution in [0.4, 0.5) is 0 Å². The summed E-state index contributed by atoms with van der Waals surface area (Å²) in [4.78, 5) is 36.4. The largest absolute Gasteiger partial charge is 0.359 e. The van der Waals surface area contributed by atoms with Crippen LogP contribution >= 0.6 is 0 Å². The average Bonchev–Trinajstić information content (AvgIpc) is 2.68. The highest BCUT2D eigenvalue weighted by Crippen LogP contribution is 2.28. The van der Waals surface area contributed by atoms with E-state index in [1.165, 1.54) is 6.08 Å². The summed E-state index contributed by atoms with van der Waals surface area (Å²) in [5.41, 5.74) is 1.99. The van der Waals surface area contributed by atoms with E-state index in [2.05, 4.69) is 0 Å². The highest BCUT2D eigenvalue weighted by molar-refractivity contribution is 6.48. The summed E-state index contributed by atoms with van der Waals surface area (Å²) in [5, 5.41) is 0. The minimum absolute atomic E-state index is 0.108. The molecule has 19 heavy (non-hydrogen) atoms. The Morgan fingerprint density at radius 3 is 2.37 bits per heavy atom. The number of ketones is 3. The van der Waals surface area contributed by atoms with Crippen molar-refractivity contribution in [3.05, 3.63) is 59.3 Å². The predicted octanol–water partition coefficient (Wildman–Crippen LogP) is 1.03. The van der Waals surface area contributed by atoms with Crippen LogP contribution in [-0.2, 0) is 20.9 Å². The zero-order valence-electron chi connectivity index (χ0n) is 10.1. The Morgan fingerprint density at radius 1 is 0.947 bits per heavy atom. The van der Waals surface area contributed by atoms with Crippen LogP contribution in [0.1, 0.15) is 5.56 Å². The van der Waals surface area contributed by atoms with E-state index < -0.39 is 11.6 Å². The fourth-order valence-electron chi connectivity index (χ4n) is 2.32. The first kappa shape index (κ1) is 11.6. The number of carbonyl (C=O) groups excluding carboxylic acids is 3. The number of carbonyl (C=O) groups is 3. The molecule has 0 amide bonds. The molecule has 3 rings (SSSR count). The van der Waals surface area contributed by atoms with Gasteiger partial charge >= 0.3 is 0 Å².